The Morgan fingerprint density at radius 1 is 0.742 bits per heavy atom. The molecule has 0 radical (unpaired) electrons. The monoisotopic (exact) mass is 436 g/mol. The highest BCUT2D eigenvalue weighted by molar-refractivity contribution is 5.73. The number of rotatable bonds is 13. The molecule has 1 unspecified atom stereocenters. The van der Waals surface area contributed by atoms with Crippen LogP contribution in [0.4, 0.5) is 0 Å². The second-order valence-electron chi connectivity index (χ2n) is 10.2. The summed E-state index contributed by atoms with van der Waals surface area (Å²) in [6.45, 7) is 6.46. The van der Waals surface area contributed by atoms with Gasteiger partial charge in [0, 0.05) is 0 Å². The SMILES string of the molecule is CCCCCCC(C)OC(=O)C1CCC(OC(=O)C2CCC(CCCCC)CC2)CC1. The van der Waals surface area contributed by atoms with Crippen molar-refractivity contribution in [2.24, 2.45) is 17.8 Å². The van der Waals surface area contributed by atoms with Crippen molar-refractivity contribution in [3.8, 4) is 0 Å². The Morgan fingerprint density at radius 2 is 1.32 bits per heavy atom. The van der Waals surface area contributed by atoms with E-state index in [0.717, 1.165) is 57.3 Å². The van der Waals surface area contributed by atoms with E-state index in [4.69, 9.17) is 9.47 Å². The second kappa shape index (κ2) is 14.9. The Morgan fingerprint density at radius 3 is 1.97 bits per heavy atom. The van der Waals surface area contributed by atoms with Crippen LogP contribution in [0.15, 0.2) is 0 Å². The van der Waals surface area contributed by atoms with Crippen LogP contribution in [-0.4, -0.2) is 24.1 Å². The summed E-state index contributed by atoms with van der Waals surface area (Å²) in [6.07, 6.45) is 18.5. The fraction of sp³-hybridized carbons (Fsp3) is 0.926. The summed E-state index contributed by atoms with van der Waals surface area (Å²) < 4.78 is 11.5. The van der Waals surface area contributed by atoms with Crippen molar-refractivity contribution in [2.75, 3.05) is 0 Å². The summed E-state index contributed by atoms with van der Waals surface area (Å²) in [5.74, 6) is 0.851. The Kier molecular flexibility index (Phi) is 12.6. The van der Waals surface area contributed by atoms with E-state index < -0.39 is 0 Å². The Bertz CT molecular complexity index is 501. The van der Waals surface area contributed by atoms with Gasteiger partial charge in [0.25, 0.3) is 0 Å². The number of hydrogen-bond donors (Lipinski definition) is 0. The van der Waals surface area contributed by atoms with Crippen LogP contribution in [-0.2, 0) is 19.1 Å². The molecule has 2 aliphatic rings. The van der Waals surface area contributed by atoms with Gasteiger partial charge < -0.3 is 9.47 Å². The maximum absolute atomic E-state index is 12.6. The largest absolute Gasteiger partial charge is 0.462 e. The van der Waals surface area contributed by atoms with Gasteiger partial charge in [0.2, 0.25) is 0 Å². The average molecular weight is 437 g/mol. The van der Waals surface area contributed by atoms with Gasteiger partial charge in [-0.25, -0.2) is 0 Å². The van der Waals surface area contributed by atoms with E-state index in [1.165, 1.54) is 57.8 Å². The van der Waals surface area contributed by atoms with Crippen molar-refractivity contribution < 1.29 is 19.1 Å². The normalized spacial score (nSPS) is 27.5. The first-order valence-corrected chi connectivity index (χ1v) is 13.4. The summed E-state index contributed by atoms with van der Waals surface area (Å²) in [5, 5.41) is 0. The van der Waals surface area contributed by atoms with Crippen molar-refractivity contribution in [2.45, 2.75) is 142 Å². The Labute approximate surface area is 191 Å². The number of esters is 2. The number of carbonyl (C=O) groups is 2. The molecule has 0 spiro atoms. The molecule has 4 nitrogen and oxygen atoms in total. The highest BCUT2D eigenvalue weighted by atomic mass is 16.5. The van der Waals surface area contributed by atoms with E-state index in [2.05, 4.69) is 13.8 Å². The molecule has 0 aromatic carbocycles. The van der Waals surface area contributed by atoms with E-state index in [0.29, 0.717) is 0 Å². The molecule has 180 valence electrons. The van der Waals surface area contributed by atoms with Gasteiger partial charge >= 0.3 is 11.9 Å². The zero-order valence-corrected chi connectivity index (χ0v) is 20.5. The molecule has 0 saturated heterocycles. The predicted molar refractivity (Wildman–Crippen MR) is 126 cm³/mol. The highest BCUT2D eigenvalue weighted by Crippen LogP contribution is 2.34. The van der Waals surface area contributed by atoms with Crippen LogP contribution in [0.2, 0.25) is 0 Å². The molecule has 2 saturated carbocycles. The molecular weight excluding hydrogens is 388 g/mol. The van der Waals surface area contributed by atoms with Gasteiger partial charge in [0.1, 0.15) is 6.10 Å². The first-order chi connectivity index (χ1) is 15.0. The quantitative estimate of drug-likeness (QED) is 0.223. The first kappa shape index (κ1) is 26.2. The smallest absolute Gasteiger partial charge is 0.309 e. The molecule has 0 N–H and O–H groups in total. The first-order valence-electron chi connectivity index (χ1n) is 13.4. The fourth-order valence-corrected chi connectivity index (χ4v) is 5.26. The summed E-state index contributed by atoms with van der Waals surface area (Å²) in [7, 11) is 0. The Balaban J connectivity index is 1.60. The molecule has 0 aromatic rings. The summed E-state index contributed by atoms with van der Waals surface area (Å²) in [4.78, 5) is 25.1. The molecule has 0 aromatic heterocycles. The lowest BCUT2D eigenvalue weighted by molar-refractivity contribution is -0.160. The van der Waals surface area contributed by atoms with Gasteiger partial charge in [-0.2, -0.15) is 0 Å². The molecule has 2 fully saturated rings. The van der Waals surface area contributed by atoms with E-state index in [1.54, 1.807) is 0 Å². The topological polar surface area (TPSA) is 52.6 Å². The number of carbonyl (C=O) groups excluding carboxylic acids is 2. The van der Waals surface area contributed by atoms with Crippen LogP contribution in [0.1, 0.15) is 130 Å². The molecule has 31 heavy (non-hydrogen) atoms. The average Bonchev–Trinajstić information content (AvgIpc) is 2.78. The molecular formula is C27H48O4. The standard InChI is InChI=1S/C27H48O4/c1-4-6-8-10-11-21(3)30-26(28)24-17-19-25(20-18-24)31-27(29)23-15-13-22(14-16-23)12-9-7-5-2/h21-25H,4-20H2,1-3H3. The van der Waals surface area contributed by atoms with E-state index >= 15 is 0 Å². The summed E-state index contributed by atoms with van der Waals surface area (Å²) in [5.41, 5.74) is 0. The maximum atomic E-state index is 12.6. The van der Waals surface area contributed by atoms with Crippen LogP contribution in [0.3, 0.4) is 0 Å². The lowest BCUT2D eigenvalue weighted by atomic mass is 9.79. The van der Waals surface area contributed by atoms with Crippen molar-refractivity contribution in [1.29, 1.82) is 0 Å². The van der Waals surface area contributed by atoms with Crippen molar-refractivity contribution in [3.63, 3.8) is 0 Å². The van der Waals surface area contributed by atoms with Gasteiger partial charge in [-0.15, -0.1) is 0 Å². The van der Waals surface area contributed by atoms with E-state index in [1.807, 2.05) is 6.92 Å². The minimum atomic E-state index is -0.0471. The van der Waals surface area contributed by atoms with Gasteiger partial charge in [0.15, 0.2) is 0 Å². The Hall–Kier alpha value is -1.06. The van der Waals surface area contributed by atoms with E-state index in [9.17, 15) is 9.59 Å². The molecule has 2 rings (SSSR count). The van der Waals surface area contributed by atoms with Crippen LogP contribution in [0, 0.1) is 17.8 Å². The molecule has 0 amide bonds. The van der Waals surface area contributed by atoms with Gasteiger partial charge in [-0.05, 0) is 77.0 Å². The molecule has 0 bridgehead atoms. The predicted octanol–water partition coefficient (Wildman–Crippen LogP) is 7.38. The van der Waals surface area contributed by atoms with Gasteiger partial charge in [0.05, 0.1) is 17.9 Å². The maximum Gasteiger partial charge on any atom is 0.309 e. The third-order valence-electron chi connectivity index (χ3n) is 7.47. The minimum absolute atomic E-state index is 0.00899. The second-order valence-corrected chi connectivity index (χ2v) is 10.2. The van der Waals surface area contributed by atoms with Crippen LogP contribution >= 0.6 is 0 Å². The third-order valence-corrected chi connectivity index (χ3v) is 7.47. The summed E-state index contributed by atoms with van der Waals surface area (Å²) in [6, 6.07) is 0. The van der Waals surface area contributed by atoms with Crippen molar-refractivity contribution >= 4 is 11.9 Å². The highest BCUT2D eigenvalue weighted by Gasteiger charge is 2.33. The molecule has 2 aliphatic carbocycles. The third kappa shape index (κ3) is 9.95. The van der Waals surface area contributed by atoms with E-state index in [-0.39, 0.29) is 36.0 Å². The zero-order chi connectivity index (χ0) is 22.5. The van der Waals surface area contributed by atoms with Crippen molar-refractivity contribution in [3.05, 3.63) is 0 Å². The lowest BCUT2D eigenvalue weighted by Gasteiger charge is -2.31. The lowest BCUT2D eigenvalue weighted by Crippen LogP contribution is -2.32. The zero-order valence-electron chi connectivity index (χ0n) is 20.5. The number of hydrogen-bond acceptors (Lipinski definition) is 4. The van der Waals surface area contributed by atoms with Crippen LogP contribution < -0.4 is 0 Å². The van der Waals surface area contributed by atoms with Crippen LogP contribution in [0.5, 0.6) is 0 Å². The molecule has 1 atom stereocenters. The molecule has 0 aliphatic heterocycles. The molecule has 4 heteroatoms. The number of unbranched alkanes of at least 4 members (excludes halogenated alkanes) is 5. The van der Waals surface area contributed by atoms with Crippen molar-refractivity contribution in [1.82, 2.24) is 0 Å². The number of ether oxygens (including phenoxy) is 2. The minimum Gasteiger partial charge on any atom is -0.462 e. The van der Waals surface area contributed by atoms with Gasteiger partial charge in [-0.1, -0.05) is 58.8 Å². The van der Waals surface area contributed by atoms with Gasteiger partial charge in [-0.3, -0.25) is 9.59 Å². The fourth-order valence-electron chi connectivity index (χ4n) is 5.26. The summed E-state index contributed by atoms with van der Waals surface area (Å²) >= 11 is 0. The van der Waals surface area contributed by atoms with Crippen LogP contribution in [0.25, 0.3) is 0 Å². The molecule has 0 heterocycles.